The Balaban J connectivity index is 1.24. The molecule has 0 bridgehead atoms. The molecule has 2 fully saturated rings. The number of carbonyl (C=O) groups excluding carboxylic acids is 1. The Morgan fingerprint density at radius 2 is 1.84 bits per heavy atom. The molecule has 1 N–H and O–H groups in total. The lowest BCUT2D eigenvalue weighted by atomic mass is 9.93. The minimum absolute atomic E-state index is 0.0427. The van der Waals surface area contributed by atoms with Crippen LogP contribution in [0.1, 0.15) is 95.5 Å². The van der Waals surface area contributed by atoms with Crippen LogP contribution < -0.4 is 0 Å². The van der Waals surface area contributed by atoms with Gasteiger partial charge in [0, 0.05) is 78.8 Å². The number of aromatic nitrogens is 6. The molecular formula is C37H45N7O6S. The molecule has 2 saturated carbocycles. The van der Waals surface area contributed by atoms with Crippen molar-refractivity contribution in [3.63, 3.8) is 0 Å². The predicted octanol–water partition coefficient (Wildman–Crippen LogP) is 6.26. The van der Waals surface area contributed by atoms with Crippen LogP contribution >= 0.6 is 0 Å². The van der Waals surface area contributed by atoms with E-state index in [0.717, 1.165) is 48.1 Å². The third-order valence-corrected chi connectivity index (χ3v) is 11.9. The highest BCUT2D eigenvalue weighted by molar-refractivity contribution is 7.91. The van der Waals surface area contributed by atoms with Crippen LogP contribution in [0.3, 0.4) is 0 Å². The Bertz CT molecular complexity index is 2180. The highest BCUT2D eigenvalue weighted by atomic mass is 32.2. The van der Waals surface area contributed by atoms with E-state index in [4.69, 9.17) is 20.0 Å². The molecule has 1 atom stereocenters. The number of ether oxygens (including phenoxy) is 1. The van der Waals surface area contributed by atoms with Crippen LogP contribution in [-0.4, -0.2) is 75.4 Å². The number of carboxylic acid groups (broad SMARTS) is 1. The summed E-state index contributed by atoms with van der Waals surface area (Å²) < 4.78 is 38.9. The number of carbonyl (C=O) groups is 2. The Morgan fingerprint density at radius 1 is 1.08 bits per heavy atom. The lowest BCUT2D eigenvalue weighted by molar-refractivity contribution is -0.137. The van der Waals surface area contributed by atoms with Gasteiger partial charge in [0.1, 0.15) is 10.3 Å². The number of hydrogen-bond donors (Lipinski definition) is 1. The third-order valence-electron chi connectivity index (χ3n) is 9.64. The highest BCUT2D eigenvalue weighted by Gasteiger charge is 2.42. The van der Waals surface area contributed by atoms with Gasteiger partial charge in [0.2, 0.25) is 10.0 Å². The maximum Gasteiger partial charge on any atom is 0.410 e. The van der Waals surface area contributed by atoms with Crippen LogP contribution in [0, 0.1) is 0 Å². The number of hydrogen-bond acceptors (Lipinski definition) is 8. The van der Waals surface area contributed by atoms with Crippen LogP contribution in [-0.2, 0) is 39.7 Å². The average Bonchev–Trinajstić information content (AvgIpc) is 3.97. The summed E-state index contributed by atoms with van der Waals surface area (Å²) in [6.45, 7) is 7.95. The van der Waals surface area contributed by atoms with Crippen LogP contribution in [0.5, 0.6) is 0 Å². The number of carboxylic acids is 1. The smallest absolute Gasteiger partial charge is 0.410 e. The Labute approximate surface area is 297 Å². The van der Waals surface area contributed by atoms with Gasteiger partial charge in [-0.2, -0.15) is 10.2 Å². The SMILES string of the molecule is Cn1cc(C2=CC(C)(S(=O)(=O)n3cc(-c4cn(CCCC(=O)O)nc4C4CC4)c4cccnc43)CC=C2)c(CN(C(=O)OC(C)(C)C)C2CC2)n1. The largest absolute Gasteiger partial charge is 0.481 e. The summed E-state index contributed by atoms with van der Waals surface area (Å²) in [5.41, 5.74) is 4.29. The van der Waals surface area contributed by atoms with Crippen molar-refractivity contribution in [3.05, 3.63) is 72.1 Å². The molecule has 51 heavy (non-hydrogen) atoms. The van der Waals surface area contributed by atoms with Crippen molar-refractivity contribution in [3.8, 4) is 11.1 Å². The van der Waals surface area contributed by atoms with Crippen molar-refractivity contribution in [1.29, 1.82) is 0 Å². The number of amides is 1. The van der Waals surface area contributed by atoms with E-state index in [1.165, 1.54) is 3.97 Å². The summed E-state index contributed by atoms with van der Waals surface area (Å²) in [4.78, 5) is 30.6. The molecule has 4 heterocycles. The fraction of sp³-hybridized carbons (Fsp3) is 0.486. The topological polar surface area (TPSA) is 154 Å². The second-order valence-corrected chi connectivity index (χ2v) is 17.5. The van der Waals surface area contributed by atoms with Gasteiger partial charge < -0.3 is 9.84 Å². The van der Waals surface area contributed by atoms with E-state index >= 15 is 0 Å². The van der Waals surface area contributed by atoms with Gasteiger partial charge in [-0.05, 0) is 83.9 Å². The molecule has 4 aromatic rings. The zero-order valence-corrected chi connectivity index (χ0v) is 30.6. The molecule has 3 aliphatic rings. The number of rotatable bonds is 12. The normalized spacial score (nSPS) is 19.4. The van der Waals surface area contributed by atoms with Crippen LogP contribution in [0.25, 0.3) is 27.7 Å². The van der Waals surface area contributed by atoms with Gasteiger partial charge in [-0.25, -0.2) is 22.2 Å². The highest BCUT2D eigenvalue weighted by Crippen LogP contribution is 2.46. The molecule has 0 spiro atoms. The summed E-state index contributed by atoms with van der Waals surface area (Å²) in [7, 11) is -2.28. The zero-order chi connectivity index (χ0) is 36.3. The minimum atomic E-state index is -4.09. The Morgan fingerprint density at radius 3 is 2.53 bits per heavy atom. The zero-order valence-electron chi connectivity index (χ0n) is 29.7. The summed E-state index contributed by atoms with van der Waals surface area (Å²) in [6, 6.07) is 3.76. The first kappa shape index (κ1) is 34.7. The molecule has 0 aliphatic heterocycles. The average molecular weight is 716 g/mol. The molecule has 13 nitrogen and oxygen atoms in total. The van der Waals surface area contributed by atoms with Crippen molar-refractivity contribution in [2.75, 3.05) is 0 Å². The van der Waals surface area contributed by atoms with Crippen molar-refractivity contribution in [2.24, 2.45) is 7.05 Å². The molecule has 3 aliphatic carbocycles. The second kappa shape index (κ2) is 12.8. The lowest BCUT2D eigenvalue weighted by Crippen LogP contribution is -2.39. The molecule has 1 amide bonds. The van der Waals surface area contributed by atoms with Crippen molar-refractivity contribution < 1.29 is 27.9 Å². The Hall–Kier alpha value is -4.72. The molecular weight excluding hydrogens is 671 g/mol. The molecule has 0 radical (unpaired) electrons. The van der Waals surface area contributed by atoms with Crippen LogP contribution in [0.2, 0.25) is 0 Å². The monoisotopic (exact) mass is 715 g/mol. The number of allylic oxidation sites excluding steroid dienone is 3. The summed E-state index contributed by atoms with van der Waals surface area (Å²) in [6.07, 6.45) is 16.8. The van der Waals surface area contributed by atoms with Crippen molar-refractivity contribution in [1.82, 2.24) is 33.4 Å². The second-order valence-electron chi connectivity index (χ2n) is 15.2. The maximum atomic E-state index is 14.9. The lowest BCUT2D eigenvalue weighted by Gasteiger charge is -2.29. The molecule has 14 heteroatoms. The predicted molar refractivity (Wildman–Crippen MR) is 192 cm³/mol. The fourth-order valence-electron chi connectivity index (χ4n) is 6.77. The van der Waals surface area contributed by atoms with E-state index < -0.39 is 26.3 Å². The first-order valence-corrected chi connectivity index (χ1v) is 19.0. The number of fused-ring (bicyclic) bond motifs is 1. The first-order valence-electron chi connectivity index (χ1n) is 17.6. The molecule has 4 aromatic heterocycles. The van der Waals surface area contributed by atoms with Gasteiger partial charge in [-0.15, -0.1) is 0 Å². The molecule has 0 aromatic carbocycles. The summed E-state index contributed by atoms with van der Waals surface area (Å²) in [5, 5.41) is 19.4. The van der Waals surface area contributed by atoms with Gasteiger partial charge >= 0.3 is 12.1 Å². The van der Waals surface area contributed by atoms with Crippen LogP contribution in [0.15, 0.2) is 55.1 Å². The number of aliphatic carboxylic acids is 1. The maximum absolute atomic E-state index is 14.9. The van der Waals surface area contributed by atoms with E-state index in [9.17, 15) is 18.0 Å². The Kier molecular flexibility index (Phi) is 8.71. The number of pyridine rings is 1. The summed E-state index contributed by atoms with van der Waals surface area (Å²) in [5.74, 6) is -0.577. The minimum Gasteiger partial charge on any atom is -0.481 e. The van der Waals surface area contributed by atoms with Gasteiger partial charge in [0.15, 0.2) is 5.65 Å². The van der Waals surface area contributed by atoms with E-state index in [0.29, 0.717) is 35.3 Å². The van der Waals surface area contributed by atoms with E-state index in [2.05, 4.69) is 4.98 Å². The fourth-order valence-corrected chi connectivity index (χ4v) is 8.42. The number of nitrogens with zero attached hydrogens (tertiary/aromatic N) is 7. The van der Waals surface area contributed by atoms with Crippen molar-refractivity contribution >= 4 is 38.7 Å². The van der Waals surface area contributed by atoms with E-state index in [-0.39, 0.29) is 37.4 Å². The molecule has 1 unspecified atom stereocenters. The quantitative estimate of drug-likeness (QED) is 0.179. The van der Waals surface area contributed by atoms with Gasteiger partial charge in [-0.1, -0.05) is 18.2 Å². The van der Waals surface area contributed by atoms with E-state index in [1.54, 1.807) is 45.7 Å². The van der Waals surface area contributed by atoms with E-state index in [1.807, 2.05) is 58.4 Å². The van der Waals surface area contributed by atoms with Gasteiger partial charge in [0.05, 0.1) is 17.9 Å². The van der Waals surface area contributed by atoms with Crippen LogP contribution in [0.4, 0.5) is 4.79 Å². The van der Waals surface area contributed by atoms with Gasteiger partial charge in [0.25, 0.3) is 0 Å². The molecule has 0 saturated heterocycles. The summed E-state index contributed by atoms with van der Waals surface area (Å²) >= 11 is 0. The molecule has 7 rings (SSSR count). The van der Waals surface area contributed by atoms with Gasteiger partial charge in [-0.3, -0.25) is 19.1 Å². The van der Waals surface area contributed by atoms with Crippen molar-refractivity contribution in [2.45, 2.75) is 108 Å². The first-order chi connectivity index (χ1) is 24.1. The number of aryl methyl sites for hydroxylation is 2. The standard InChI is InChI=1S/C37H45N7O6S/c1-36(2,3)50-35(47)43(26-14-15-26)23-31-28(20-41(5)39-31)25-9-6-16-37(4,19-25)51(48,49)44-22-29(27-10-7-17-38-34(27)44)30-21-42(18-8-11-32(45)46)40-33(30)24-12-13-24/h6-7,9-10,17,19-22,24,26H,8,11-16,18,23H2,1-5H3,(H,45,46). The molecule has 270 valence electrons. The third kappa shape index (κ3) is 6.97.